The van der Waals surface area contributed by atoms with Crippen LogP contribution in [0.4, 0.5) is 4.39 Å². The lowest BCUT2D eigenvalue weighted by Gasteiger charge is -1.98. The molecule has 1 aromatic carbocycles. The molecule has 0 saturated carbocycles. The lowest BCUT2D eigenvalue weighted by molar-refractivity contribution is 0.635. The third kappa shape index (κ3) is 0.977. The molecule has 3 nitrogen and oxygen atoms in total. The van der Waals surface area contributed by atoms with Gasteiger partial charge in [0, 0.05) is 23.0 Å². The molecule has 18 heavy (non-hydrogen) atoms. The maximum absolute atomic E-state index is 14.0. The van der Waals surface area contributed by atoms with Gasteiger partial charge in [0.1, 0.15) is 5.82 Å². The van der Waals surface area contributed by atoms with Gasteiger partial charge in [-0.1, -0.05) is 12.1 Å². The molecule has 0 aliphatic heterocycles. The number of benzene rings is 1. The molecular formula is C14H7FN2O. The second-order valence-electron chi connectivity index (χ2n) is 4.24. The highest BCUT2D eigenvalue weighted by atomic mass is 19.1. The highest BCUT2D eigenvalue weighted by molar-refractivity contribution is 6.12. The van der Waals surface area contributed by atoms with Gasteiger partial charge in [-0.3, -0.25) is 14.2 Å². The van der Waals surface area contributed by atoms with Crippen molar-refractivity contribution in [3.8, 4) is 0 Å². The summed E-state index contributed by atoms with van der Waals surface area (Å²) in [6.07, 6.45) is 1.67. The molecule has 0 spiro atoms. The van der Waals surface area contributed by atoms with Crippen LogP contribution in [-0.2, 0) is 0 Å². The Morgan fingerprint density at radius 1 is 1.00 bits per heavy atom. The van der Waals surface area contributed by atoms with Gasteiger partial charge in [0.15, 0.2) is 0 Å². The van der Waals surface area contributed by atoms with Gasteiger partial charge in [-0.2, -0.15) is 0 Å². The Balaban J connectivity index is 2.57. The molecule has 0 unspecified atom stereocenters. The minimum Gasteiger partial charge on any atom is -0.271 e. The summed E-state index contributed by atoms with van der Waals surface area (Å²) >= 11 is 0. The number of hydrogen-bond donors (Lipinski definition) is 0. The van der Waals surface area contributed by atoms with E-state index in [1.165, 1.54) is 16.5 Å². The summed E-state index contributed by atoms with van der Waals surface area (Å²) in [5.74, 6) is -0.390. The highest BCUT2D eigenvalue weighted by Gasteiger charge is 2.15. The van der Waals surface area contributed by atoms with Crippen LogP contribution < -0.4 is 5.56 Å². The number of rotatable bonds is 0. The molecule has 0 aliphatic carbocycles. The molecule has 0 bridgehead atoms. The molecule has 0 amide bonds. The van der Waals surface area contributed by atoms with Crippen molar-refractivity contribution in [2.45, 2.75) is 0 Å². The second kappa shape index (κ2) is 3.04. The maximum atomic E-state index is 14.0. The standard InChI is InChI=1S/C14H7FN2O/c15-10-3-1-2-8-9-6-7-16-11-4-5-12(18)17(13(8)10)14(9)11/h1-7H. The lowest BCUT2D eigenvalue weighted by Crippen LogP contribution is -2.11. The Labute approximate surface area is 100 Å². The number of halogens is 1. The summed E-state index contributed by atoms with van der Waals surface area (Å²) < 4.78 is 15.4. The number of pyridine rings is 2. The Morgan fingerprint density at radius 3 is 2.72 bits per heavy atom. The van der Waals surface area contributed by atoms with Crippen molar-refractivity contribution < 1.29 is 4.39 Å². The van der Waals surface area contributed by atoms with Gasteiger partial charge in [-0.15, -0.1) is 0 Å². The smallest absolute Gasteiger partial charge is 0.255 e. The summed E-state index contributed by atoms with van der Waals surface area (Å²) in [4.78, 5) is 16.2. The molecule has 0 saturated heterocycles. The topological polar surface area (TPSA) is 34.4 Å². The average Bonchev–Trinajstić information content (AvgIpc) is 2.73. The van der Waals surface area contributed by atoms with Gasteiger partial charge in [-0.05, 0) is 18.2 Å². The van der Waals surface area contributed by atoms with Gasteiger partial charge in [0.05, 0.1) is 16.6 Å². The molecule has 4 rings (SSSR count). The fraction of sp³-hybridized carbons (Fsp3) is 0. The Kier molecular flexibility index (Phi) is 1.61. The fourth-order valence-corrected chi connectivity index (χ4v) is 2.56. The summed E-state index contributed by atoms with van der Waals surface area (Å²) in [7, 11) is 0. The van der Waals surface area contributed by atoms with E-state index < -0.39 is 5.82 Å². The molecule has 0 radical (unpaired) electrons. The molecule has 0 atom stereocenters. The Hall–Kier alpha value is -2.49. The first-order chi connectivity index (χ1) is 8.77. The monoisotopic (exact) mass is 238 g/mol. The van der Waals surface area contributed by atoms with Gasteiger partial charge < -0.3 is 0 Å². The van der Waals surface area contributed by atoms with E-state index in [0.717, 1.165) is 10.8 Å². The zero-order valence-corrected chi connectivity index (χ0v) is 9.22. The van der Waals surface area contributed by atoms with E-state index >= 15 is 0 Å². The van der Waals surface area contributed by atoms with Crippen molar-refractivity contribution in [1.29, 1.82) is 0 Å². The summed E-state index contributed by atoms with van der Waals surface area (Å²) in [5.41, 5.74) is 1.48. The second-order valence-corrected chi connectivity index (χ2v) is 4.24. The fourth-order valence-electron chi connectivity index (χ4n) is 2.56. The van der Waals surface area contributed by atoms with Crippen molar-refractivity contribution in [3.05, 3.63) is 58.8 Å². The van der Waals surface area contributed by atoms with Crippen molar-refractivity contribution in [2.24, 2.45) is 0 Å². The molecule has 0 fully saturated rings. The third-order valence-electron chi connectivity index (χ3n) is 3.28. The van der Waals surface area contributed by atoms with Crippen LogP contribution in [0.2, 0.25) is 0 Å². The third-order valence-corrected chi connectivity index (χ3v) is 3.28. The SMILES string of the molecule is O=c1ccc2nccc3c4cccc(F)c4n1c23. The predicted molar refractivity (Wildman–Crippen MR) is 67.6 cm³/mol. The first-order valence-corrected chi connectivity index (χ1v) is 5.57. The molecule has 86 valence electrons. The van der Waals surface area contributed by atoms with Crippen LogP contribution in [0.25, 0.3) is 27.3 Å². The highest BCUT2D eigenvalue weighted by Crippen LogP contribution is 2.30. The van der Waals surface area contributed by atoms with Crippen LogP contribution in [0.15, 0.2) is 47.4 Å². The molecule has 4 heteroatoms. The van der Waals surface area contributed by atoms with Gasteiger partial charge in [0.2, 0.25) is 0 Å². The molecule has 0 aliphatic rings. The molecular weight excluding hydrogens is 231 g/mol. The van der Waals surface area contributed by atoms with Crippen LogP contribution in [0.5, 0.6) is 0 Å². The summed E-state index contributed by atoms with van der Waals surface area (Å²) in [5, 5.41) is 1.60. The van der Waals surface area contributed by atoms with Crippen molar-refractivity contribution in [3.63, 3.8) is 0 Å². The van der Waals surface area contributed by atoms with E-state index in [0.29, 0.717) is 16.6 Å². The van der Waals surface area contributed by atoms with Crippen LogP contribution in [0.3, 0.4) is 0 Å². The van der Waals surface area contributed by atoms with E-state index in [9.17, 15) is 9.18 Å². The van der Waals surface area contributed by atoms with Gasteiger partial charge in [0.25, 0.3) is 5.56 Å². The molecule has 0 N–H and O–H groups in total. The van der Waals surface area contributed by atoms with Crippen LogP contribution >= 0.6 is 0 Å². The number of nitrogens with zero attached hydrogens (tertiary/aromatic N) is 2. The number of aromatic nitrogens is 2. The van der Waals surface area contributed by atoms with Crippen LogP contribution in [-0.4, -0.2) is 9.38 Å². The average molecular weight is 238 g/mol. The summed E-state index contributed by atoms with van der Waals surface area (Å²) in [6, 6.07) is 9.73. The first-order valence-electron chi connectivity index (χ1n) is 5.57. The molecule has 4 aromatic rings. The lowest BCUT2D eigenvalue weighted by atomic mass is 10.2. The molecule has 3 heterocycles. The van der Waals surface area contributed by atoms with Crippen LogP contribution in [0.1, 0.15) is 0 Å². The maximum Gasteiger partial charge on any atom is 0.255 e. The van der Waals surface area contributed by atoms with E-state index in [1.807, 2.05) is 12.1 Å². The normalized spacial score (nSPS) is 11.8. The zero-order chi connectivity index (χ0) is 12.3. The van der Waals surface area contributed by atoms with Crippen molar-refractivity contribution in [2.75, 3.05) is 0 Å². The van der Waals surface area contributed by atoms with E-state index in [4.69, 9.17) is 0 Å². The number of fused-ring (bicyclic) bond motifs is 3. The Bertz CT molecular complexity index is 958. The Morgan fingerprint density at radius 2 is 1.83 bits per heavy atom. The summed E-state index contributed by atoms with van der Waals surface area (Å²) in [6.45, 7) is 0. The van der Waals surface area contributed by atoms with Crippen molar-refractivity contribution in [1.82, 2.24) is 9.38 Å². The number of hydrogen-bond acceptors (Lipinski definition) is 2. The largest absolute Gasteiger partial charge is 0.271 e. The number of para-hydroxylation sites is 1. The predicted octanol–water partition coefficient (Wildman–Crippen LogP) is 2.58. The van der Waals surface area contributed by atoms with Gasteiger partial charge in [-0.25, -0.2) is 4.39 Å². The van der Waals surface area contributed by atoms with Crippen LogP contribution in [0, 0.1) is 5.82 Å². The zero-order valence-electron chi connectivity index (χ0n) is 9.22. The van der Waals surface area contributed by atoms with E-state index in [1.54, 1.807) is 18.3 Å². The minimum atomic E-state index is -0.390. The first kappa shape index (κ1) is 9.53. The molecule has 3 aromatic heterocycles. The quantitative estimate of drug-likeness (QED) is 0.472. The van der Waals surface area contributed by atoms with Crippen molar-refractivity contribution >= 4 is 27.3 Å². The van der Waals surface area contributed by atoms with E-state index in [-0.39, 0.29) is 5.56 Å². The minimum absolute atomic E-state index is 0.236. The van der Waals surface area contributed by atoms with E-state index in [2.05, 4.69) is 4.98 Å². The van der Waals surface area contributed by atoms with Gasteiger partial charge >= 0.3 is 0 Å².